The first-order valence-electron chi connectivity index (χ1n) is 16.2. The minimum absolute atomic E-state index is 0.842. The zero-order chi connectivity index (χ0) is 31.3. The molecule has 0 spiro atoms. The maximum Gasteiger partial charge on any atom is 0.165 e. The van der Waals surface area contributed by atoms with E-state index in [-0.39, 0.29) is 0 Å². The fourth-order valence-electron chi connectivity index (χ4n) is 7.84. The molecule has 0 bridgehead atoms. The van der Waals surface area contributed by atoms with E-state index in [1.807, 2.05) is 36.7 Å². The quantitative estimate of drug-likeness (QED) is 0.195. The van der Waals surface area contributed by atoms with E-state index in [0.29, 0.717) is 0 Å². The highest BCUT2D eigenvalue weighted by molar-refractivity contribution is 6.18. The summed E-state index contributed by atoms with van der Waals surface area (Å²) in [6.45, 7) is 0. The molecule has 0 unspecified atom stereocenters. The molecule has 5 heterocycles. The average Bonchev–Trinajstić information content (AvgIpc) is 3.63. The van der Waals surface area contributed by atoms with Gasteiger partial charge in [-0.1, -0.05) is 72.8 Å². The molecular weight excluding hydrogens is 587 g/mol. The lowest BCUT2D eigenvalue weighted by Crippen LogP contribution is -2.02. The van der Waals surface area contributed by atoms with Crippen molar-refractivity contribution in [2.45, 2.75) is 0 Å². The van der Waals surface area contributed by atoms with E-state index in [1.165, 1.54) is 38.1 Å². The minimum atomic E-state index is 0.842. The minimum Gasteiger partial charge on any atom is -0.309 e. The van der Waals surface area contributed by atoms with E-state index in [4.69, 9.17) is 9.97 Å². The van der Waals surface area contributed by atoms with Crippen LogP contribution in [-0.4, -0.2) is 24.1 Å². The summed E-state index contributed by atoms with van der Waals surface area (Å²) in [5.74, 6) is 0.842. The van der Waals surface area contributed by atoms with Crippen LogP contribution >= 0.6 is 0 Å². The lowest BCUT2D eigenvalue weighted by atomic mass is 9.93. The second-order valence-corrected chi connectivity index (χ2v) is 12.5. The van der Waals surface area contributed by atoms with Crippen LogP contribution < -0.4 is 0 Å². The van der Waals surface area contributed by atoms with Gasteiger partial charge in [-0.3, -0.25) is 9.55 Å². The fourth-order valence-corrected chi connectivity index (χ4v) is 7.84. The van der Waals surface area contributed by atoms with E-state index in [2.05, 4.69) is 129 Å². The molecule has 5 nitrogen and oxygen atoms in total. The number of nitrogens with zero attached hydrogens (tertiary/aromatic N) is 5. The fraction of sp³-hybridized carbons (Fsp3) is 0. The number of rotatable bonds is 2. The van der Waals surface area contributed by atoms with Crippen LogP contribution in [0.2, 0.25) is 0 Å². The van der Waals surface area contributed by atoms with E-state index in [0.717, 1.165) is 61.5 Å². The summed E-state index contributed by atoms with van der Waals surface area (Å²) in [6, 6.07) is 49.7. The predicted molar refractivity (Wildman–Crippen MR) is 196 cm³/mol. The summed E-state index contributed by atoms with van der Waals surface area (Å²) >= 11 is 0. The second-order valence-electron chi connectivity index (χ2n) is 12.5. The standard InChI is InChI=1S/C43H25N5/c1-2-10-28(11-3-1)47-38-16-8-4-12-29(38)32-22-26(18-19-40(32)47)27-23-33-30-13-5-9-17-39(30)48-42(33)34(24-27)35-25-44-21-20-31(35)41-43(48)46-37-15-7-6-14-36(37)45-41/h1-25H. The Morgan fingerprint density at radius 2 is 1.10 bits per heavy atom. The highest BCUT2D eigenvalue weighted by Gasteiger charge is 2.28. The number of para-hydroxylation sites is 5. The molecule has 0 saturated carbocycles. The maximum atomic E-state index is 5.27. The topological polar surface area (TPSA) is 48.5 Å². The first-order valence-corrected chi connectivity index (χ1v) is 16.2. The zero-order valence-corrected chi connectivity index (χ0v) is 25.7. The molecule has 48 heavy (non-hydrogen) atoms. The molecule has 0 amide bonds. The number of hydrogen-bond donors (Lipinski definition) is 0. The van der Waals surface area contributed by atoms with E-state index in [1.54, 1.807) is 0 Å². The van der Waals surface area contributed by atoms with Crippen molar-refractivity contribution in [2.24, 2.45) is 0 Å². The Balaban J connectivity index is 1.24. The zero-order valence-electron chi connectivity index (χ0n) is 25.7. The van der Waals surface area contributed by atoms with Gasteiger partial charge in [0.1, 0.15) is 5.69 Å². The molecule has 6 aromatic carbocycles. The van der Waals surface area contributed by atoms with Gasteiger partial charge in [0.25, 0.3) is 0 Å². The molecule has 1 aliphatic rings. The van der Waals surface area contributed by atoms with Crippen molar-refractivity contribution in [3.8, 4) is 45.0 Å². The van der Waals surface area contributed by atoms with E-state index >= 15 is 0 Å². The van der Waals surface area contributed by atoms with Crippen molar-refractivity contribution < 1.29 is 0 Å². The number of hydrogen-bond acceptors (Lipinski definition) is 3. The van der Waals surface area contributed by atoms with Gasteiger partial charge >= 0.3 is 0 Å². The first kappa shape index (κ1) is 25.6. The molecule has 11 rings (SSSR count). The molecule has 0 N–H and O–H groups in total. The third kappa shape index (κ3) is 3.42. The van der Waals surface area contributed by atoms with Gasteiger partial charge in [0, 0.05) is 56.3 Å². The summed E-state index contributed by atoms with van der Waals surface area (Å²) in [5.41, 5.74) is 13.9. The van der Waals surface area contributed by atoms with Gasteiger partial charge in [-0.15, -0.1) is 0 Å². The van der Waals surface area contributed by atoms with Gasteiger partial charge in [0.15, 0.2) is 5.82 Å². The Labute approximate surface area is 275 Å². The van der Waals surface area contributed by atoms with Gasteiger partial charge < -0.3 is 4.57 Å². The molecule has 222 valence electrons. The molecular formula is C43H25N5. The Kier molecular flexibility index (Phi) is 5.05. The van der Waals surface area contributed by atoms with Crippen LogP contribution in [0.25, 0.3) is 99.7 Å². The van der Waals surface area contributed by atoms with Crippen LogP contribution in [0.3, 0.4) is 0 Å². The first-order chi connectivity index (χ1) is 23.8. The number of fused-ring (bicyclic) bond motifs is 12. The molecule has 0 aliphatic carbocycles. The summed E-state index contributed by atoms with van der Waals surface area (Å²) in [7, 11) is 0. The van der Waals surface area contributed by atoms with Crippen LogP contribution in [0.1, 0.15) is 0 Å². The molecule has 10 aromatic rings. The summed E-state index contributed by atoms with van der Waals surface area (Å²) in [5, 5.41) is 4.84. The molecule has 0 saturated heterocycles. The van der Waals surface area contributed by atoms with Crippen LogP contribution in [-0.2, 0) is 0 Å². The van der Waals surface area contributed by atoms with Gasteiger partial charge in [-0.05, 0) is 77.9 Å². The smallest absolute Gasteiger partial charge is 0.165 e. The van der Waals surface area contributed by atoms with Crippen molar-refractivity contribution in [3.63, 3.8) is 0 Å². The summed E-state index contributed by atoms with van der Waals surface area (Å²) < 4.78 is 4.68. The number of pyridine rings is 1. The Bertz CT molecular complexity index is 2950. The molecule has 4 aromatic heterocycles. The molecule has 0 radical (unpaired) electrons. The maximum absolute atomic E-state index is 5.27. The van der Waals surface area contributed by atoms with Gasteiger partial charge in [-0.2, -0.15) is 0 Å². The lowest BCUT2D eigenvalue weighted by Gasteiger charge is -2.11. The van der Waals surface area contributed by atoms with Crippen LogP contribution in [0.15, 0.2) is 152 Å². The van der Waals surface area contributed by atoms with Gasteiger partial charge in [0.05, 0.1) is 33.1 Å². The number of aromatic nitrogens is 5. The molecule has 1 aliphatic heterocycles. The SMILES string of the molecule is c1ccc(-n2c3ccccc3c3cc(-c4cc5c6c(c4)c4ccccc4n6-c4nc6ccccc6nc4-c4ccncc4-5)ccc32)cc1. The van der Waals surface area contributed by atoms with Crippen LogP contribution in [0.4, 0.5) is 0 Å². The largest absolute Gasteiger partial charge is 0.309 e. The average molecular weight is 612 g/mol. The Morgan fingerprint density at radius 1 is 0.438 bits per heavy atom. The third-order valence-electron chi connectivity index (χ3n) is 9.92. The van der Waals surface area contributed by atoms with E-state index < -0.39 is 0 Å². The summed E-state index contributed by atoms with van der Waals surface area (Å²) in [6.07, 6.45) is 3.84. The highest BCUT2D eigenvalue weighted by Crippen LogP contribution is 2.47. The third-order valence-corrected chi connectivity index (χ3v) is 9.92. The van der Waals surface area contributed by atoms with Crippen LogP contribution in [0, 0.1) is 0 Å². The van der Waals surface area contributed by atoms with Crippen molar-refractivity contribution in [2.75, 3.05) is 0 Å². The van der Waals surface area contributed by atoms with Gasteiger partial charge in [-0.25, -0.2) is 9.97 Å². The van der Waals surface area contributed by atoms with Crippen molar-refractivity contribution in [1.29, 1.82) is 0 Å². The van der Waals surface area contributed by atoms with Crippen LogP contribution in [0.5, 0.6) is 0 Å². The molecule has 0 fully saturated rings. The summed E-state index contributed by atoms with van der Waals surface area (Å²) in [4.78, 5) is 15.1. The Hall–Kier alpha value is -6.59. The van der Waals surface area contributed by atoms with Gasteiger partial charge in [0.2, 0.25) is 0 Å². The normalized spacial score (nSPS) is 12.2. The molecule has 5 heteroatoms. The Morgan fingerprint density at radius 3 is 1.94 bits per heavy atom. The predicted octanol–water partition coefficient (Wildman–Crippen LogP) is 10.5. The number of benzene rings is 6. The van der Waals surface area contributed by atoms with Crippen molar-refractivity contribution >= 4 is 54.6 Å². The molecule has 0 atom stereocenters. The second kappa shape index (κ2) is 9.47. The monoisotopic (exact) mass is 611 g/mol. The lowest BCUT2D eigenvalue weighted by molar-refractivity contribution is 1.09. The van der Waals surface area contributed by atoms with E-state index in [9.17, 15) is 0 Å². The highest BCUT2D eigenvalue weighted by atomic mass is 15.1. The van der Waals surface area contributed by atoms with Crippen molar-refractivity contribution in [3.05, 3.63) is 152 Å². The van der Waals surface area contributed by atoms with Crippen molar-refractivity contribution in [1.82, 2.24) is 24.1 Å².